The first kappa shape index (κ1) is 24.2. The predicted octanol–water partition coefficient (Wildman–Crippen LogP) is 3.22. The minimum Gasteiger partial charge on any atom is -0.490 e. The van der Waals surface area contributed by atoms with Crippen LogP contribution in [0.15, 0.2) is 58.7 Å². The highest BCUT2D eigenvalue weighted by Gasteiger charge is 2.34. The number of Topliss-reactive ketones (excluding diaryl/α,β-unsaturated/α-hetero) is 1. The number of rotatable bonds is 9. The first-order valence-electron chi connectivity index (χ1n) is 10.3. The van der Waals surface area contributed by atoms with E-state index in [9.17, 15) is 25.0 Å². The highest BCUT2D eigenvalue weighted by atomic mass is 16.7. The summed E-state index contributed by atoms with van der Waals surface area (Å²) in [4.78, 5) is 38.9. The zero-order valence-corrected chi connectivity index (χ0v) is 18.7. The number of guanidine groups is 1. The van der Waals surface area contributed by atoms with Crippen LogP contribution in [-0.2, 0) is 11.4 Å². The molecule has 0 amide bonds. The molecule has 3 rings (SSSR count). The van der Waals surface area contributed by atoms with Crippen LogP contribution in [-0.4, -0.2) is 28.3 Å². The minimum absolute atomic E-state index is 0.0363. The van der Waals surface area contributed by atoms with Crippen molar-refractivity contribution in [3.05, 3.63) is 85.1 Å². The molecule has 0 radical (unpaired) electrons. The van der Waals surface area contributed by atoms with Gasteiger partial charge in [-0.2, -0.15) is 0 Å². The molecule has 0 aliphatic carbocycles. The quantitative estimate of drug-likeness (QED) is 0.415. The molecule has 178 valence electrons. The topological polar surface area (TPSA) is 158 Å². The summed E-state index contributed by atoms with van der Waals surface area (Å²) in [6, 6.07) is 10.7. The van der Waals surface area contributed by atoms with Crippen LogP contribution in [0.4, 0.5) is 5.69 Å². The van der Waals surface area contributed by atoms with Gasteiger partial charge in [-0.05, 0) is 32.4 Å². The molecule has 1 heterocycles. The molecule has 0 spiro atoms. The summed E-state index contributed by atoms with van der Waals surface area (Å²) in [5.74, 6) is -0.283. The summed E-state index contributed by atoms with van der Waals surface area (Å²) in [6.07, 6.45) is 0. The van der Waals surface area contributed by atoms with Gasteiger partial charge in [0.1, 0.15) is 12.6 Å². The van der Waals surface area contributed by atoms with Crippen molar-refractivity contribution < 1.29 is 24.2 Å². The molecular formula is C22H23N5O7. The number of carbonyl (C=O) groups excluding carboxylic acids is 1. The van der Waals surface area contributed by atoms with Crippen molar-refractivity contribution in [3.8, 4) is 11.5 Å². The van der Waals surface area contributed by atoms with Gasteiger partial charge in [-0.15, -0.1) is 0 Å². The maximum Gasteiger partial charge on any atom is 0.279 e. The number of carbonyl (C=O) groups is 1. The number of hydrogen-bond acceptors (Lipinski definition) is 9. The van der Waals surface area contributed by atoms with Crippen LogP contribution >= 0.6 is 0 Å². The largest absolute Gasteiger partial charge is 0.490 e. The molecule has 1 atom stereocenters. The van der Waals surface area contributed by atoms with Crippen LogP contribution in [0.3, 0.4) is 0 Å². The molecule has 1 aliphatic heterocycles. The molecule has 0 saturated carbocycles. The van der Waals surface area contributed by atoms with Crippen LogP contribution in [0.5, 0.6) is 11.5 Å². The highest BCUT2D eigenvalue weighted by Crippen LogP contribution is 2.42. The highest BCUT2D eigenvalue weighted by molar-refractivity contribution is 5.98. The third-order valence-electron chi connectivity index (χ3n) is 4.94. The number of ether oxygens (including phenoxy) is 2. The van der Waals surface area contributed by atoms with Crippen LogP contribution in [0.2, 0.25) is 0 Å². The van der Waals surface area contributed by atoms with Gasteiger partial charge in [-0.1, -0.05) is 35.8 Å². The van der Waals surface area contributed by atoms with E-state index in [0.717, 1.165) is 5.56 Å². The zero-order chi connectivity index (χ0) is 24.8. The standard InChI is InChI=1S/C22H23N5O7/c1-4-33-18-10-16(21-20(14(3)28)13(2)23-22(24-21)25-27(31)32)17(26(29)30)11-19(18)34-12-15-8-6-5-7-9-15/h5-11,21H,4,12H2,1-3H3,(H2,23,24,25)/t21-/m1/s1. The molecule has 0 fully saturated rings. The van der Waals surface area contributed by atoms with Gasteiger partial charge in [0.05, 0.1) is 23.2 Å². The molecule has 12 heteroatoms. The van der Waals surface area contributed by atoms with Crippen LogP contribution in [0.25, 0.3) is 0 Å². The van der Waals surface area contributed by atoms with Crippen LogP contribution in [0, 0.1) is 20.2 Å². The van der Waals surface area contributed by atoms with Gasteiger partial charge in [0.25, 0.3) is 11.6 Å². The Kier molecular flexibility index (Phi) is 7.41. The van der Waals surface area contributed by atoms with Crippen molar-refractivity contribution in [1.82, 2.24) is 10.7 Å². The predicted molar refractivity (Wildman–Crippen MR) is 122 cm³/mol. The zero-order valence-electron chi connectivity index (χ0n) is 18.7. The molecular weight excluding hydrogens is 446 g/mol. The van der Waals surface area contributed by atoms with Crippen molar-refractivity contribution in [3.63, 3.8) is 0 Å². The van der Waals surface area contributed by atoms with Crippen molar-refractivity contribution in [2.45, 2.75) is 33.4 Å². The lowest BCUT2D eigenvalue weighted by Gasteiger charge is -2.25. The molecule has 12 nitrogen and oxygen atoms in total. The van der Waals surface area contributed by atoms with E-state index in [4.69, 9.17) is 9.47 Å². The summed E-state index contributed by atoms with van der Waals surface area (Å²) in [6.45, 7) is 4.97. The van der Waals surface area contributed by atoms with Gasteiger partial charge in [0.15, 0.2) is 22.3 Å². The van der Waals surface area contributed by atoms with Gasteiger partial charge >= 0.3 is 0 Å². The lowest BCUT2D eigenvalue weighted by Crippen LogP contribution is -2.43. The smallest absolute Gasteiger partial charge is 0.279 e. The van der Waals surface area contributed by atoms with Crippen molar-refractivity contribution in [2.75, 3.05) is 6.61 Å². The number of hydrogen-bond donors (Lipinski definition) is 2. The Bertz CT molecular complexity index is 1180. The SMILES string of the molecule is CCOc1cc([C@H]2N=C(N[N+](=O)[O-])NC(C)=C2C(C)=O)c([N+](=O)[O-])cc1OCc1ccccc1. The normalized spacial score (nSPS) is 15.1. The fourth-order valence-corrected chi connectivity index (χ4v) is 3.56. The molecule has 34 heavy (non-hydrogen) atoms. The average molecular weight is 469 g/mol. The molecule has 2 aromatic rings. The number of nitro benzene ring substituents is 1. The maximum atomic E-state index is 12.4. The number of allylic oxidation sites excluding steroid dienone is 1. The summed E-state index contributed by atoms with van der Waals surface area (Å²) >= 11 is 0. The second-order valence-electron chi connectivity index (χ2n) is 7.29. The van der Waals surface area contributed by atoms with E-state index in [0.29, 0.717) is 0 Å². The molecule has 0 saturated heterocycles. The van der Waals surface area contributed by atoms with E-state index >= 15 is 0 Å². The fourth-order valence-electron chi connectivity index (χ4n) is 3.56. The molecule has 2 N–H and O–H groups in total. The van der Waals surface area contributed by atoms with E-state index in [1.807, 2.05) is 35.8 Å². The number of aliphatic imine (C=N–C) groups is 1. The summed E-state index contributed by atoms with van der Waals surface area (Å²) in [7, 11) is 0. The third-order valence-corrected chi connectivity index (χ3v) is 4.94. The van der Waals surface area contributed by atoms with Gasteiger partial charge in [0.2, 0.25) is 0 Å². The van der Waals surface area contributed by atoms with Crippen LogP contribution in [0.1, 0.15) is 37.9 Å². The Morgan fingerprint density at radius 3 is 2.41 bits per heavy atom. The third kappa shape index (κ3) is 5.46. The number of nitrogens with zero attached hydrogens (tertiary/aromatic N) is 3. The molecule has 1 aliphatic rings. The van der Waals surface area contributed by atoms with E-state index < -0.39 is 21.8 Å². The number of benzene rings is 2. The second-order valence-corrected chi connectivity index (χ2v) is 7.29. The number of ketones is 1. The van der Waals surface area contributed by atoms with Gasteiger partial charge in [-0.3, -0.25) is 14.9 Å². The number of hydrazine groups is 1. The summed E-state index contributed by atoms with van der Waals surface area (Å²) in [5.41, 5.74) is 2.85. The van der Waals surface area contributed by atoms with Crippen molar-refractivity contribution in [2.24, 2.45) is 4.99 Å². The molecule has 0 aromatic heterocycles. The average Bonchev–Trinajstić information content (AvgIpc) is 2.77. The Balaban J connectivity index is 2.12. The van der Waals surface area contributed by atoms with Gasteiger partial charge < -0.3 is 14.8 Å². The first-order chi connectivity index (χ1) is 16.2. The monoisotopic (exact) mass is 469 g/mol. The van der Waals surface area contributed by atoms with Crippen molar-refractivity contribution >= 4 is 17.4 Å². The fraction of sp³-hybridized carbons (Fsp3) is 0.273. The molecule has 0 unspecified atom stereocenters. The first-order valence-corrected chi connectivity index (χ1v) is 10.3. The lowest BCUT2D eigenvalue weighted by molar-refractivity contribution is -0.525. The molecule has 0 bridgehead atoms. The number of nitro groups is 2. The minimum atomic E-state index is -1.18. The van der Waals surface area contributed by atoms with E-state index in [1.54, 1.807) is 6.92 Å². The van der Waals surface area contributed by atoms with E-state index in [2.05, 4.69) is 10.3 Å². The van der Waals surface area contributed by atoms with Crippen molar-refractivity contribution in [1.29, 1.82) is 0 Å². The number of nitrogens with one attached hydrogen (secondary N) is 2. The lowest BCUT2D eigenvalue weighted by atomic mass is 9.92. The maximum absolute atomic E-state index is 12.4. The Labute approximate surface area is 194 Å². The van der Waals surface area contributed by atoms with Gasteiger partial charge in [0, 0.05) is 11.3 Å². The second kappa shape index (κ2) is 10.4. The van der Waals surface area contributed by atoms with E-state index in [1.165, 1.54) is 26.0 Å². The summed E-state index contributed by atoms with van der Waals surface area (Å²) in [5, 5.41) is 24.7. The Morgan fingerprint density at radius 1 is 1.15 bits per heavy atom. The van der Waals surface area contributed by atoms with Crippen LogP contribution < -0.4 is 20.2 Å². The van der Waals surface area contributed by atoms with Gasteiger partial charge in [-0.25, -0.2) is 15.1 Å². The molecule has 2 aromatic carbocycles. The van der Waals surface area contributed by atoms with E-state index in [-0.39, 0.29) is 53.2 Å². The Hall–Kier alpha value is -4.48. The Morgan fingerprint density at radius 2 is 1.82 bits per heavy atom. The summed E-state index contributed by atoms with van der Waals surface area (Å²) < 4.78 is 11.5.